The number of rotatable bonds is 3. The van der Waals surface area contributed by atoms with E-state index in [1.54, 1.807) is 0 Å². The molecule has 1 aromatic rings. The van der Waals surface area contributed by atoms with Gasteiger partial charge < -0.3 is 0 Å². The minimum Gasteiger partial charge on any atom is -0.265 e. The van der Waals surface area contributed by atoms with Crippen LogP contribution in [0.1, 0.15) is 11.3 Å². The third kappa shape index (κ3) is 3.34. The average molecular weight is 255 g/mol. The van der Waals surface area contributed by atoms with Crippen molar-refractivity contribution < 1.29 is 18.1 Å². The van der Waals surface area contributed by atoms with Crippen molar-refractivity contribution in [2.45, 2.75) is 12.6 Å². The van der Waals surface area contributed by atoms with Gasteiger partial charge in [0, 0.05) is 11.1 Å². The number of aromatic nitrogens is 1. The molecule has 0 spiro atoms. The van der Waals surface area contributed by atoms with E-state index in [4.69, 9.17) is 11.6 Å². The van der Waals surface area contributed by atoms with E-state index >= 15 is 0 Å². The van der Waals surface area contributed by atoms with Gasteiger partial charge in [0.05, 0.1) is 22.7 Å². The lowest BCUT2D eigenvalue weighted by Gasteiger charge is -2.07. The molecule has 16 heavy (non-hydrogen) atoms. The normalized spacial score (nSPS) is 11.5. The van der Waals surface area contributed by atoms with Crippen molar-refractivity contribution in [3.8, 4) is 0 Å². The van der Waals surface area contributed by atoms with Gasteiger partial charge in [0.1, 0.15) is 0 Å². The number of nitro groups is 1. The summed E-state index contributed by atoms with van der Waals surface area (Å²) in [7, 11) is 0. The second-order valence-corrected chi connectivity index (χ2v) is 3.36. The second-order valence-electron chi connectivity index (χ2n) is 2.96. The van der Waals surface area contributed by atoms with Gasteiger partial charge in [-0.2, -0.15) is 13.2 Å². The predicted molar refractivity (Wildman–Crippen MR) is 49.8 cm³/mol. The lowest BCUT2D eigenvalue weighted by molar-refractivity contribution is -0.479. The van der Waals surface area contributed by atoms with Crippen molar-refractivity contribution in [3.05, 3.63) is 38.7 Å². The van der Waals surface area contributed by atoms with Gasteiger partial charge in [0.25, 0.3) is 0 Å². The predicted octanol–water partition coefficient (Wildman–Crippen LogP) is 2.57. The van der Waals surface area contributed by atoms with Gasteiger partial charge in [0.2, 0.25) is 6.54 Å². The standard InChI is InChI=1S/C8H6ClF3N2O2/c9-6-3-5(8(10,11)12)4-13-7(6)1-2-14(15)16/h3-4H,1-2H2. The summed E-state index contributed by atoms with van der Waals surface area (Å²) in [6.07, 6.45) is -4.00. The van der Waals surface area contributed by atoms with Crippen LogP contribution in [0, 0.1) is 10.1 Å². The first-order valence-corrected chi connectivity index (χ1v) is 4.52. The van der Waals surface area contributed by atoms with Crippen LogP contribution in [0.5, 0.6) is 0 Å². The molecule has 0 saturated carbocycles. The number of hydrogen-bond donors (Lipinski definition) is 0. The first kappa shape index (κ1) is 12.7. The van der Waals surface area contributed by atoms with E-state index in [0.717, 1.165) is 0 Å². The second kappa shape index (κ2) is 4.65. The molecule has 1 aromatic heterocycles. The van der Waals surface area contributed by atoms with Gasteiger partial charge in [-0.1, -0.05) is 11.6 Å². The molecule has 0 aliphatic heterocycles. The highest BCUT2D eigenvalue weighted by atomic mass is 35.5. The molecule has 4 nitrogen and oxygen atoms in total. The molecule has 8 heteroatoms. The summed E-state index contributed by atoms with van der Waals surface area (Å²) in [5.41, 5.74) is -0.881. The third-order valence-electron chi connectivity index (χ3n) is 1.78. The Morgan fingerprint density at radius 2 is 2.12 bits per heavy atom. The Morgan fingerprint density at radius 3 is 2.56 bits per heavy atom. The monoisotopic (exact) mass is 254 g/mol. The Morgan fingerprint density at radius 1 is 1.50 bits per heavy atom. The highest BCUT2D eigenvalue weighted by Gasteiger charge is 2.31. The highest BCUT2D eigenvalue weighted by Crippen LogP contribution is 2.31. The number of pyridine rings is 1. The van der Waals surface area contributed by atoms with Crippen LogP contribution in [-0.2, 0) is 12.6 Å². The van der Waals surface area contributed by atoms with E-state index in [2.05, 4.69) is 4.98 Å². The largest absolute Gasteiger partial charge is 0.417 e. The molecule has 0 saturated heterocycles. The van der Waals surface area contributed by atoms with Crippen molar-refractivity contribution in [3.63, 3.8) is 0 Å². The molecule has 0 fully saturated rings. The number of hydrogen-bond acceptors (Lipinski definition) is 3. The van der Waals surface area contributed by atoms with Crippen LogP contribution in [0.4, 0.5) is 13.2 Å². The molecular weight excluding hydrogens is 249 g/mol. The van der Waals surface area contributed by atoms with Gasteiger partial charge in [-0.3, -0.25) is 15.1 Å². The zero-order chi connectivity index (χ0) is 12.3. The summed E-state index contributed by atoms with van der Waals surface area (Å²) in [5, 5.41) is 9.85. The maximum absolute atomic E-state index is 12.2. The number of halogens is 4. The molecule has 0 bridgehead atoms. The molecule has 0 aliphatic rings. The highest BCUT2D eigenvalue weighted by molar-refractivity contribution is 6.31. The van der Waals surface area contributed by atoms with E-state index in [-0.39, 0.29) is 17.1 Å². The lowest BCUT2D eigenvalue weighted by Crippen LogP contribution is -2.09. The van der Waals surface area contributed by atoms with Gasteiger partial charge in [-0.25, -0.2) is 0 Å². The van der Waals surface area contributed by atoms with Crippen LogP contribution in [0.2, 0.25) is 5.02 Å². The van der Waals surface area contributed by atoms with Crippen LogP contribution in [0.25, 0.3) is 0 Å². The van der Waals surface area contributed by atoms with Crippen molar-refractivity contribution in [1.29, 1.82) is 0 Å². The molecule has 0 aliphatic carbocycles. The fourth-order valence-electron chi connectivity index (χ4n) is 1.00. The van der Waals surface area contributed by atoms with E-state index < -0.39 is 23.2 Å². The molecule has 1 heterocycles. The molecule has 0 unspecified atom stereocenters. The summed E-state index contributed by atoms with van der Waals surface area (Å²) in [4.78, 5) is 12.9. The third-order valence-corrected chi connectivity index (χ3v) is 2.10. The molecule has 1 rings (SSSR count). The molecule has 0 N–H and O–H groups in total. The van der Waals surface area contributed by atoms with Crippen molar-refractivity contribution in [2.24, 2.45) is 0 Å². The van der Waals surface area contributed by atoms with Crippen LogP contribution in [0.3, 0.4) is 0 Å². The number of alkyl halides is 3. The SMILES string of the molecule is O=[N+]([O-])CCc1ncc(C(F)(F)F)cc1Cl. The zero-order valence-corrected chi connectivity index (χ0v) is 8.55. The summed E-state index contributed by atoms with van der Waals surface area (Å²) in [6.45, 7) is -0.419. The topological polar surface area (TPSA) is 56.0 Å². The van der Waals surface area contributed by atoms with E-state index in [1.165, 1.54) is 0 Å². The van der Waals surface area contributed by atoms with E-state index in [1.807, 2.05) is 0 Å². The zero-order valence-electron chi connectivity index (χ0n) is 7.79. The maximum Gasteiger partial charge on any atom is 0.417 e. The molecule has 0 aromatic carbocycles. The summed E-state index contributed by atoms with van der Waals surface area (Å²) >= 11 is 5.53. The van der Waals surface area contributed by atoms with Crippen LogP contribution in [0.15, 0.2) is 12.3 Å². The molecule has 88 valence electrons. The fourth-order valence-corrected chi connectivity index (χ4v) is 1.26. The Kier molecular flexibility index (Phi) is 3.69. The van der Waals surface area contributed by atoms with Crippen LogP contribution in [-0.4, -0.2) is 16.5 Å². The molecule has 0 atom stereocenters. The van der Waals surface area contributed by atoms with E-state index in [9.17, 15) is 23.3 Å². The minimum absolute atomic E-state index is 0.0892. The van der Waals surface area contributed by atoms with Crippen molar-refractivity contribution in [1.82, 2.24) is 4.98 Å². The first-order valence-electron chi connectivity index (χ1n) is 4.14. The summed E-state index contributed by atoms with van der Waals surface area (Å²) in [6, 6.07) is 0.712. The lowest BCUT2D eigenvalue weighted by atomic mass is 10.2. The molecular formula is C8H6ClF3N2O2. The Bertz CT molecular complexity index is 409. The quantitative estimate of drug-likeness (QED) is 0.615. The maximum atomic E-state index is 12.2. The fraction of sp³-hybridized carbons (Fsp3) is 0.375. The van der Waals surface area contributed by atoms with Gasteiger partial charge >= 0.3 is 6.18 Å². The average Bonchev–Trinajstić information content (AvgIpc) is 2.14. The number of nitrogens with zero attached hydrogens (tertiary/aromatic N) is 2. The Labute approximate surface area is 93.2 Å². The van der Waals surface area contributed by atoms with Crippen molar-refractivity contribution >= 4 is 11.6 Å². The minimum atomic E-state index is -4.52. The van der Waals surface area contributed by atoms with Gasteiger partial charge in [-0.15, -0.1) is 0 Å². The van der Waals surface area contributed by atoms with Crippen molar-refractivity contribution in [2.75, 3.05) is 6.54 Å². The van der Waals surface area contributed by atoms with Gasteiger partial charge in [0.15, 0.2) is 0 Å². The first-order chi connectivity index (χ1) is 7.30. The Balaban J connectivity index is 2.88. The van der Waals surface area contributed by atoms with Crippen LogP contribution >= 0.6 is 11.6 Å². The smallest absolute Gasteiger partial charge is 0.265 e. The molecule has 0 radical (unpaired) electrons. The summed E-state index contributed by atoms with van der Waals surface area (Å²) < 4.78 is 36.6. The van der Waals surface area contributed by atoms with Gasteiger partial charge in [-0.05, 0) is 6.07 Å². The van der Waals surface area contributed by atoms with Crippen LogP contribution < -0.4 is 0 Å². The Hall–Kier alpha value is -1.37. The molecule has 0 amide bonds. The summed E-state index contributed by atoms with van der Waals surface area (Å²) in [5.74, 6) is 0. The van der Waals surface area contributed by atoms with E-state index in [0.29, 0.717) is 12.3 Å².